The summed E-state index contributed by atoms with van der Waals surface area (Å²) < 4.78 is 0. The van der Waals surface area contributed by atoms with E-state index in [0.29, 0.717) is 0 Å². The van der Waals surface area contributed by atoms with Gasteiger partial charge in [-0.25, -0.2) is 4.79 Å². The molecular formula is C4H8N2O2. The molecule has 46 valence electrons. The van der Waals surface area contributed by atoms with Gasteiger partial charge in [0.2, 0.25) is 0 Å². The first kappa shape index (κ1) is 6.94. The Bertz CT molecular complexity index is 100. The molecule has 8 heavy (non-hydrogen) atoms. The van der Waals surface area contributed by atoms with Crippen molar-refractivity contribution < 1.29 is 9.63 Å². The SMILES string of the molecule is C=NOC(=O)N(C)C. The van der Waals surface area contributed by atoms with Crippen LogP contribution >= 0.6 is 0 Å². The number of nitrogens with zero attached hydrogens (tertiary/aromatic N) is 2. The molecule has 4 heteroatoms. The van der Waals surface area contributed by atoms with Crippen molar-refractivity contribution in [2.75, 3.05) is 14.1 Å². The minimum absolute atomic E-state index is 0.514. The number of hydrogen-bond donors (Lipinski definition) is 0. The second-order valence-electron chi connectivity index (χ2n) is 1.38. The largest absolute Gasteiger partial charge is 0.435 e. The fourth-order valence-electron chi connectivity index (χ4n) is 0.137. The molecule has 1 amide bonds. The predicted octanol–water partition coefficient (Wildman–Crippen LogP) is 0.300. The molecule has 0 atom stereocenters. The monoisotopic (exact) mass is 116 g/mol. The molecule has 0 saturated carbocycles. The van der Waals surface area contributed by atoms with Crippen LogP contribution in [0.1, 0.15) is 0 Å². The van der Waals surface area contributed by atoms with Gasteiger partial charge in [0.25, 0.3) is 0 Å². The number of rotatable bonds is 1. The van der Waals surface area contributed by atoms with Gasteiger partial charge < -0.3 is 4.90 Å². The summed E-state index contributed by atoms with van der Waals surface area (Å²) in [5.41, 5.74) is 0. The third-order valence-corrected chi connectivity index (χ3v) is 0.508. The molecule has 0 fully saturated rings. The Labute approximate surface area is 47.7 Å². The molecule has 0 saturated heterocycles. The van der Waals surface area contributed by atoms with Crippen LogP contribution in [-0.4, -0.2) is 31.8 Å². The van der Waals surface area contributed by atoms with Crippen LogP contribution in [0.25, 0.3) is 0 Å². The van der Waals surface area contributed by atoms with Gasteiger partial charge in [0, 0.05) is 20.8 Å². The van der Waals surface area contributed by atoms with Gasteiger partial charge in [-0.15, -0.1) is 0 Å². The summed E-state index contributed by atoms with van der Waals surface area (Å²) in [6.45, 7) is 2.96. The van der Waals surface area contributed by atoms with Crippen molar-refractivity contribution in [3.8, 4) is 0 Å². The quantitative estimate of drug-likeness (QED) is 0.281. The highest BCUT2D eigenvalue weighted by atomic mass is 16.7. The van der Waals surface area contributed by atoms with E-state index in [-0.39, 0.29) is 0 Å². The molecule has 0 rings (SSSR count). The van der Waals surface area contributed by atoms with Gasteiger partial charge in [0.1, 0.15) is 0 Å². The third kappa shape index (κ3) is 2.17. The Kier molecular flexibility index (Phi) is 2.61. The van der Waals surface area contributed by atoms with Crippen LogP contribution in [-0.2, 0) is 4.84 Å². The summed E-state index contributed by atoms with van der Waals surface area (Å²) in [7, 11) is 3.13. The van der Waals surface area contributed by atoms with E-state index in [9.17, 15) is 4.79 Å². The molecule has 4 nitrogen and oxygen atoms in total. The smallest absolute Gasteiger partial charge is 0.312 e. The Morgan fingerprint density at radius 2 is 2.25 bits per heavy atom. The third-order valence-electron chi connectivity index (χ3n) is 0.508. The molecule has 0 N–H and O–H groups in total. The van der Waals surface area contributed by atoms with Crippen LogP contribution in [0.4, 0.5) is 4.79 Å². The van der Waals surface area contributed by atoms with Gasteiger partial charge in [0.05, 0.1) is 0 Å². The van der Waals surface area contributed by atoms with Crippen LogP contribution in [0, 0.1) is 0 Å². The number of amides is 1. The van der Waals surface area contributed by atoms with Crippen molar-refractivity contribution in [3.63, 3.8) is 0 Å². The van der Waals surface area contributed by atoms with E-state index in [4.69, 9.17) is 0 Å². The van der Waals surface area contributed by atoms with E-state index in [1.54, 1.807) is 14.1 Å². The molecule has 0 aliphatic carbocycles. The number of oxime groups is 1. The van der Waals surface area contributed by atoms with E-state index in [2.05, 4.69) is 16.7 Å². The van der Waals surface area contributed by atoms with Gasteiger partial charge in [-0.05, 0) is 0 Å². The average Bonchev–Trinajstić information content (AvgIpc) is 1.67. The molecule has 0 heterocycles. The molecule has 0 unspecified atom stereocenters. The lowest BCUT2D eigenvalue weighted by Crippen LogP contribution is -2.20. The topological polar surface area (TPSA) is 41.9 Å². The lowest BCUT2D eigenvalue weighted by atomic mass is 10.9. The number of hydrogen-bond acceptors (Lipinski definition) is 3. The minimum atomic E-state index is -0.514. The maximum Gasteiger partial charge on any atom is 0.435 e. The van der Waals surface area contributed by atoms with Crippen molar-refractivity contribution in [2.24, 2.45) is 5.16 Å². The summed E-state index contributed by atoms with van der Waals surface area (Å²) in [4.78, 5) is 15.7. The summed E-state index contributed by atoms with van der Waals surface area (Å²) in [6.07, 6.45) is -0.514. The highest BCUT2D eigenvalue weighted by molar-refractivity contribution is 5.66. The molecule has 0 aromatic rings. The molecule has 0 radical (unpaired) electrons. The van der Waals surface area contributed by atoms with Gasteiger partial charge >= 0.3 is 6.09 Å². The second kappa shape index (κ2) is 3.01. The van der Waals surface area contributed by atoms with E-state index in [1.165, 1.54) is 4.90 Å². The zero-order valence-corrected chi connectivity index (χ0v) is 4.92. The number of carbonyl (C=O) groups excluding carboxylic acids is 1. The van der Waals surface area contributed by atoms with Crippen LogP contribution in [0.15, 0.2) is 5.16 Å². The molecule has 0 aliphatic heterocycles. The van der Waals surface area contributed by atoms with Crippen molar-refractivity contribution in [1.29, 1.82) is 0 Å². The highest BCUT2D eigenvalue weighted by Gasteiger charge is 2.00. The minimum Gasteiger partial charge on any atom is -0.312 e. The standard InChI is InChI=1S/C4H8N2O2/c1-5-8-4(7)6(2)3/h1H2,2-3H3. The van der Waals surface area contributed by atoms with E-state index in [1.807, 2.05) is 0 Å². The summed E-state index contributed by atoms with van der Waals surface area (Å²) in [6, 6.07) is 0. The van der Waals surface area contributed by atoms with E-state index >= 15 is 0 Å². The summed E-state index contributed by atoms with van der Waals surface area (Å²) >= 11 is 0. The van der Waals surface area contributed by atoms with Gasteiger partial charge in [-0.1, -0.05) is 5.16 Å². The van der Waals surface area contributed by atoms with E-state index in [0.717, 1.165) is 0 Å². The zero-order valence-electron chi connectivity index (χ0n) is 4.92. The molecule has 0 bridgehead atoms. The first-order valence-electron chi connectivity index (χ1n) is 2.03. The average molecular weight is 116 g/mol. The van der Waals surface area contributed by atoms with Crippen molar-refractivity contribution in [2.45, 2.75) is 0 Å². The molecule has 0 aliphatic rings. The normalized spacial score (nSPS) is 7.75. The van der Waals surface area contributed by atoms with Gasteiger partial charge in [-0.2, -0.15) is 0 Å². The van der Waals surface area contributed by atoms with Crippen LogP contribution < -0.4 is 0 Å². The number of carbonyl (C=O) groups is 1. The lowest BCUT2D eigenvalue weighted by Gasteiger charge is -2.04. The van der Waals surface area contributed by atoms with Crippen LogP contribution in [0.2, 0.25) is 0 Å². The Hall–Kier alpha value is -1.06. The molecule has 0 aromatic heterocycles. The lowest BCUT2D eigenvalue weighted by molar-refractivity contribution is 0.123. The highest BCUT2D eigenvalue weighted by Crippen LogP contribution is 1.82. The summed E-state index contributed by atoms with van der Waals surface area (Å²) in [5, 5.41) is 2.92. The van der Waals surface area contributed by atoms with Crippen molar-refractivity contribution in [1.82, 2.24) is 4.90 Å². The van der Waals surface area contributed by atoms with Crippen molar-refractivity contribution in [3.05, 3.63) is 0 Å². The maximum atomic E-state index is 10.3. The van der Waals surface area contributed by atoms with Crippen LogP contribution in [0.3, 0.4) is 0 Å². The Balaban J connectivity index is 3.48. The fraction of sp³-hybridized carbons (Fsp3) is 0.500. The first-order chi connectivity index (χ1) is 3.68. The molecule has 0 spiro atoms. The zero-order chi connectivity index (χ0) is 6.57. The molecule has 0 aromatic carbocycles. The fourth-order valence-corrected chi connectivity index (χ4v) is 0.137. The van der Waals surface area contributed by atoms with E-state index < -0.39 is 6.09 Å². The van der Waals surface area contributed by atoms with Gasteiger partial charge in [-0.3, -0.25) is 4.84 Å². The maximum absolute atomic E-state index is 10.3. The Morgan fingerprint density at radius 1 is 1.75 bits per heavy atom. The molecular weight excluding hydrogens is 108 g/mol. The van der Waals surface area contributed by atoms with Gasteiger partial charge in [0.15, 0.2) is 0 Å². The van der Waals surface area contributed by atoms with Crippen LogP contribution in [0.5, 0.6) is 0 Å². The first-order valence-corrected chi connectivity index (χ1v) is 2.03. The summed E-state index contributed by atoms with van der Waals surface area (Å²) in [5.74, 6) is 0. The van der Waals surface area contributed by atoms with Crippen molar-refractivity contribution >= 4 is 12.8 Å². The second-order valence-corrected chi connectivity index (χ2v) is 1.38. The predicted molar refractivity (Wildman–Crippen MR) is 29.7 cm³/mol. The Morgan fingerprint density at radius 3 is 2.38 bits per heavy atom.